The third-order valence-electron chi connectivity index (χ3n) is 3.63. The maximum Gasteiger partial charge on any atom is 0.339 e. The average molecular weight is 429 g/mol. The predicted molar refractivity (Wildman–Crippen MR) is 137 cm³/mol. The minimum absolute atomic E-state index is 0. The number of hydrogen-bond donors (Lipinski definition) is 0. The Morgan fingerprint density at radius 2 is 0.839 bits per heavy atom. The molecule has 0 aliphatic heterocycles. The van der Waals surface area contributed by atoms with Crippen molar-refractivity contribution in [1.82, 2.24) is 0 Å². The van der Waals surface area contributed by atoms with Crippen LogP contribution in [0.2, 0.25) is 0 Å². The average Bonchev–Trinajstić information content (AvgIpc) is 2.73. The van der Waals surface area contributed by atoms with Crippen LogP contribution >= 0.6 is 0 Å². The van der Waals surface area contributed by atoms with Crippen molar-refractivity contribution in [3.8, 4) is 0 Å². The summed E-state index contributed by atoms with van der Waals surface area (Å²) >= 11 is 0. The van der Waals surface area contributed by atoms with Crippen LogP contribution < -0.4 is 11.3 Å². The summed E-state index contributed by atoms with van der Waals surface area (Å²) in [6.07, 6.45) is 0. The molecule has 0 fully saturated rings. The molecule has 4 heteroatoms. The van der Waals surface area contributed by atoms with Crippen LogP contribution in [-0.4, -0.2) is 0 Å². The quantitative estimate of drug-likeness (QED) is 0.265. The van der Waals surface area contributed by atoms with Gasteiger partial charge in [-0.25, -0.2) is 9.59 Å². The van der Waals surface area contributed by atoms with Crippen LogP contribution in [-0.2, 0) is 0 Å². The SMILES string of the molecule is C.C.C.CC.CC.Cc1cc2ccccc2oc1=O.Cc1cc2ccccc2oc1=O. The van der Waals surface area contributed by atoms with Crippen molar-refractivity contribution in [3.63, 3.8) is 0 Å². The first kappa shape index (κ1) is 32.5. The molecule has 4 nitrogen and oxygen atoms in total. The van der Waals surface area contributed by atoms with Crippen LogP contribution in [0.15, 0.2) is 79.1 Å². The van der Waals surface area contributed by atoms with Crippen molar-refractivity contribution in [1.29, 1.82) is 0 Å². The van der Waals surface area contributed by atoms with Crippen molar-refractivity contribution in [2.75, 3.05) is 0 Å². The number of benzene rings is 2. The lowest BCUT2D eigenvalue weighted by Crippen LogP contribution is -2.01. The van der Waals surface area contributed by atoms with E-state index in [9.17, 15) is 9.59 Å². The van der Waals surface area contributed by atoms with E-state index in [4.69, 9.17) is 8.83 Å². The summed E-state index contributed by atoms with van der Waals surface area (Å²) in [5, 5.41) is 1.93. The van der Waals surface area contributed by atoms with Gasteiger partial charge in [-0.1, -0.05) is 86.4 Å². The molecule has 0 unspecified atom stereocenters. The summed E-state index contributed by atoms with van der Waals surface area (Å²) < 4.78 is 10.1. The molecule has 0 aliphatic carbocycles. The molecule has 2 aromatic heterocycles. The van der Waals surface area contributed by atoms with Crippen LogP contribution in [0.5, 0.6) is 0 Å². The second kappa shape index (κ2) is 16.6. The summed E-state index contributed by atoms with van der Waals surface area (Å²) in [5.41, 5.74) is 2.08. The van der Waals surface area contributed by atoms with Gasteiger partial charge in [0.15, 0.2) is 0 Å². The standard InChI is InChI=1S/2C10H8O2.2C2H6.3CH4/c2*1-7-6-8-4-2-3-5-9(8)12-10(7)11;2*1-2;;;/h2*2-6H,1H3;2*1-2H3;3*1H4. The van der Waals surface area contributed by atoms with Gasteiger partial charge in [0, 0.05) is 21.9 Å². The van der Waals surface area contributed by atoms with E-state index in [0.29, 0.717) is 22.3 Å². The van der Waals surface area contributed by atoms with Gasteiger partial charge in [0.2, 0.25) is 0 Å². The molecule has 4 rings (SSSR count). The van der Waals surface area contributed by atoms with Crippen LogP contribution in [0.3, 0.4) is 0 Å². The van der Waals surface area contributed by atoms with Gasteiger partial charge in [0.05, 0.1) is 0 Å². The molecule has 0 radical (unpaired) electrons. The van der Waals surface area contributed by atoms with Crippen molar-refractivity contribution >= 4 is 21.9 Å². The van der Waals surface area contributed by atoms with E-state index in [1.807, 2.05) is 76.2 Å². The molecule has 0 N–H and O–H groups in total. The second-order valence-electron chi connectivity index (χ2n) is 5.51. The first-order valence-corrected chi connectivity index (χ1v) is 9.53. The maximum absolute atomic E-state index is 11.1. The fourth-order valence-electron chi connectivity index (χ4n) is 2.33. The third-order valence-corrected chi connectivity index (χ3v) is 3.63. The molecular formula is C27H40O4. The Balaban J connectivity index is -0.000000402. The molecule has 172 valence electrons. The van der Waals surface area contributed by atoms with E-state index in [1.54, 1.807) is 26.0 Å². The van der Waals surface area contributed by atoms with Gasteiger partial charge in [-0.15, -0.1) is 0 Å². The first-order valence-electron chi connectivity index (χ1n) is 9.53. The smallest absolute Gasteiger partial charge is 0.339 e. The molecule has 0 saturated carbocycles. The summed E-state index contributed by atoms with van der Waals surface area (Å²) in [6.45, 7) is 11.5. The van der Waals surface area contributed by atoms with Gasteiger partial charge in [-0.05, 0) is 38.1 Å². The Labute approximate surface area is 187 Å². The van der Waals surface area contributed by atoms with Gasteiger partial charge in [0.1, 0.15) is 11.2 Å². The van der Waals surface area contributed by atoms with E-state index in [0.717, 1.165) is 10.8 Å². The van der Waals surface area contributed by atoms with Crippen molar-refractivity contribution in [3.05, 3.63) is 92.6 Å². The van der Waals surface area contributed by atoms with Gasteiger partial charge in [0.25, 0.3) is 0 Å². The zero-order valence-electron chi connectivity index (χ0n) is 17.4. The molecule has 0 bridgehead atoms. The highest BCUT2D eigenvalue weighted by Gasteiger charge is 1.99. The van der Waals surface area contributed by atoms with E-state index < -0.39 is 0 Å². The summed E-state index contributed by atoms with van der Waals surface area (Å²) in [4.78, 5) is 22.1. The Morgan fingerprint density at radius 3 is 1.16 bits per heavy atom. The lowest BCUT2D eigenvalue weighted by molar-refractivity contribution is 0.555. The molecule has 0 aliphatic rings. The van der Waals surface area contributed by atoms with Crippen LogP contribution in [0.1, 0.15) is 61.1 Å². The lowest BCUT2D eigenvalue weighted by Gasteiger charge is -1.95. The van der Waals surface area contributed by atoms with Crippen molar-refractivity contribution < 1.29 is 8.83 Å². The topological polar surface area (TPSA) is 60.4 Å². The first-order chi connectivity index (χ1) is 13.5. The minimum atomic E-state index is -0.256. The molecule has 0 saturated heterocycles. The molecule has 4 aromatic rings. The van der Waals surface area contributed by atoms with E-state index in [2.05, 4.69) is 0 Å². The molecule has 2 aromatic carbocycles. The fraction of sp³-hybridized carbons (Fsp3) is 0.333. The Hall–Kier alpha value is -3.14. The Bertz CT molecular complexity index is 1030. The zero-order chi connectivity index (χ0) is 21.1. The Kier molecular flexibility index (Phi) is 17.5. The normalized spacial score (nSPS) is 8.45. The minimum Gasteiger partial charge on any atom is -0.423 e. The number of hydrogen-bond acceptors (Lipinski definition) is 4. The predicted octanol–water partition coefficient (Wildman–Crippen LogP) is 8.16. The van der Waals surface area contributed by atoms with E-state index >= 15 is 0 Å². The van der Waals surface area contributed by atoms with Crippen molar-refractivity contribution in [2.24, 2.45) is 0 Å². The van der Waals surface area contributed by atoms with Crippen LogP contribution in [0.4, 0.5) is 0 Å². The number of rotatable bonds is 0. The highest BCUT2D eigenvalue weighted by atomic mass is 16.4. The summed E-state index contributed by atoms with van der Waals surface area (Å²) in [6, 6.07) is 18.6. The van der Waals surface area contributed by atoms with Crippen LogP contribution in [0, 0.1) is 13.8 Å². The molecular weight excluding hydrogens is 388 g/mol. The number of fused-ring (bicyclic) bond motifs is 2. The highest BCUT2D eigenvalue weighted by Crippen LogP contribution is 2.12. The van der Waals surface area contributed by atoms with Gasteiger partial charge >= 0.3 is 11.3 Å². The summed E-state index contributed by atoms with van der Waals surface area (Å²) in [5.74, 6) is 0. The van der Waals surface area contributed by atoms with Gasteiger partial charge in [-0.3, -0.25) is 0 Å². The largest absolute Gasteiger partial charge is 0.423 e. The van der Waals surface area contributed by atoms with Crippen LogP contribution in [0.25, 0.3) is 21.9 Å². The van der Waals surface area contributed by atoms with Gasteiger partial charge in [-0.2, -0.15) is 0 Å². The van der Waals surface area contributed by atoms with Crippen molar-refractivity contribution in [2.45, 2.75) is 63.8 Å². The second-order valence-corrected chi connectivity index (χ2v) is 5.51. The third kappa shape index (κ3) is 9.04. The molecule has 0 amide bonds. The Morgan fingerprint density at radius 1 is 0.548 bits per heavy atom. The summed E-state index contributed by atoms with van der Waals surface area (Å²) in [7, 11) is 0. The van der Waals surface area contributed by atoms with E-state index in [1.165, 1.54) is 0 Å². The molecule has 0 atom stereocenters. The fourth-order valence-corrected chi connectivity index (χ4v) is 2.33. The monoisotopic (exact) mass is 428 g/mol. The molecule has 2 heterocycles. The lowest BCUT2D eigenvalue weighted by atomic mass is 10.2. The number of aryl methyl sites for hydroxylation is 2. The van der Waals surface area contributed by atoms with Gasteiger partial charge < -0.3 is 8.83 Å². The highest BCUT2D eigenvalue weighted by molar-refractivity contribution is 5.77. The van der Waals surface area contributed by atoms with E-state index in [-0.39, 0.29) is 33.5 Å². The maximum atomic E-state index is 11.1. The molecule has 31 heavy (non-hydrogen) atoms. The molecule has 0 spiro atoms. The zero-order valence-corrected chi connectivity index (χ0v) is 17.4. The number of para-hydroxylation sites is 2.